The number of hydrogen-bond acceptors (Lipinski definition) is 5. The van der Waals surface area contributed by atoms with Crippen LogP contribution in [-0.2, 0) is 24.4 Å². The van der Waals surface area contributed by atoms with Crippen LogP contribution in [0.2, 0.25) is 0 Å². The van der Waals surface area contributed by atoms with Gasteiger partial charge in [0.25, 0.3) is 11.8 Å². The number of aryl methyl sites for hydroxylation is 2. The molecule has 1 aromatic carbocycles. The van der Waals surface area contributed by atoms with Gasteiger partial charge in [0.15, 0.2) is 5.69 Å². The molecule has 0 radical (unpaired) electrons. The SMILES string of the molecule is Cc1cccc(CN2CCCn3nc(C(=O)NCCC(=O)NCc4ccccn4)cc3C2=O)c1. The van der Waals surface area contributed by atoms with Crippen LogP contribution in [0.1, 0.15) is 50.6 Å². The summed E-state index contributed by atoms with van der Waals surface area (Å²) >= 11 is 0. The molecule has 0 bridgehead atoms. The van der Waals surface area contributed by atoms with E-state index in [-0.39, 0.29) is 30.5 Å². The average molecular weight is 461 g/mol. The molecule has 0 saturated carbocycles. The highest BCUT2D eigenvalue weighted by molar-refractivity contribution is 5.98. The molecule has 3 heterocycles. The Morgan fingerprint density at radius 3 is 2.74 bits per heavy atom. The Labute approximate surface area is 198 Å². The first-order valence-corrected chi connectivity index (χ1v) is 11.4. The van der Waals surface area contributed by atoms with Gasteiger partial charge in [0.2, 0.25) is 5.91 Å². The highest BCUT2D eigenvalue weighted by atomic mass is 16.2. The summed E-state index contributed by atoms with van der Waals surface area (Å²) in [6.07, 6.45) is 2.56. The lowest BCUT2D eigenvalue weighted by molar-refractivity contribution is -0.121. The van der Waals surface area contributed by atoms with E-state index in [9.17, 15) is 14.4 Å². The molecule has 0 atom stereocenters. The summed E-state index contributed by atoms with van der Waals surface area (Å²) in [5.74, 6) is -0.732. The first kappa shape index (κ1) is 23.2. The van der Waals surface area contributed by atoms with Crippen molar-refractivity contribution in [2.24, 2.45) is 0 Å². The van der Waals surface area contributed by atoms with Gasteiger partial charge in [-0.3, -0.25) is 24.0 Å². The number of aromatic nitrogens is 3. The molecule has 1 aliphatic rings. The minimum atomic E-state index is -0.406. The molecule has 9 nitrogen and oxygen atoms in total. The van der Waals surface area contributed by atoms with Gasteiger partial charge in [-0.15, -0.1) is 0 Å². The fraction of sp³-hybridized carbons (Fsp3) is 0.320. The van der Waals surface area contributed by atoms with E-state index in [1.54, 1.807) is 15.8 Å². The van der Waals surface area contributed by atoms with Crippen molar-refractivity contribution in [3.05, 3.63) is 82.9 Å². The molecule has 34 heavy (non-hydrogen) atoms. The van der Waals surface area contributed by atoms with Gasteiger partial charge in [-0.25, -0.2) is 0 Å². The number of nitrogens with one attached hydrogen (secondary N) is 2. The Hall–Kier alpha value is -4.01. The Bertz CT molecular complexity index is 1170. The van der Waals surface area contributed by atoms with E-state index in [1.165, 1.54) is 6.07 Å². The molecule has 1 aliphatic heterocycles. The summed E-state index contributed by atoms with van der Waals surface area (Å²) in [4.78, 5) is 43.7. The summed E-state index contributed by atoms with van der Waals surface area (Å²) in [6, 6.07) is 15.1. The molecule has 9 heteroatoms. The highest BCUT2D eigenvalue weighted by Crippen LogP contribution is 2.17. The van der Waals surface area contributed by atoms with Crippen LogP contribution in [0.4, 0.5) is 0 Å². The van der Waals surface area contributed by atoms with Crippen molar-refractivity contribution in [3.8, 4) is 0 Å². The smallest absolute Gasteiger partial charge is 0.272 e. The summed E-state index contributed by atoms with van der Waals surface area (Å²) in [7, 11) is 0. The molecule has 176 valence electrons. The fourth-order valence-corrected chi connectivity index (χ4v) is 3.89. The lowest BCUT2D eigenvalue weighted by Crippen LogP contribution is -2.31. The molecule has 0 spiro atoms. The molecular weight excluding hydrogens is 432 g/mol. The third-order valence-corrected chi connectivity index (χ3v) is 5.60. The number of carbonyl (C=O) groups is 3. The van der Waals surface area contributed by atoms with Gasteiger partial charge in [-0.05, 0) is 31.0 Å². The zero-order chi connectivity index (χ0) is 23.9. The molecule has 0 aliphatic carbocycles. The van der Waals surface area contributed by atoms with Crippen LogP contribution in [0.15, 0.2) is 54.7 Å². The number of pyridine rings is 1. The molecule has 3 aromatic rings. The molecular formula is C25H28N6O3. The Kier molecular flexibility index (Phi) is 7.31. The molecule has 0 unspecified atom stereocenters. The minimum Gasteiger partial charge on any atom is -0.350 e. The molecule has 0 saturated heterocycles. The van der Waals surface area contributed by atoms with E-state index in [0.717, 1.165) is 23.2 Å². The first-order chi connectivity index (χ1) is 16.5. The molecule has 2 N–H and O–H groups in total. The van der Waals surface area contributed by atoms with Crippen molar-refractivity contribution in [3.63, 3.8) is 0 Å². The topological polar surface area (TPSA) is 109 Å². The predicted octanol–water partition coefficient (Wildman–Crippen LogP) is 2.07. The van der Waals surface area contributed by atoms with Gasteiger partial charge < -0.3 is 15.5 Å². The van der Waals surface area contributed by atoms with Crippen molar-refractivity contribution in [1.29, 1.82) is 0 Å². The highest BCUT2D eigenvalue weighted by Gasteiger charge is 2.26. The normalized spacial score (nSPS) is 13.2. The van der Waals surface area contributed by atoms with Gasteiger partial charge in [0.1, 0.15) is 5.69 Å². The second-order valence-electron chi connectivity index (χ2n) is 8.31. The number of hydrogen-bond donors (Lipinski definition) is 2. The van der Waals surface area contributed by atoms with Crippen LogP contribution in [0.25, 0.3) is 0 Å². The van der Waals surface area contributed by atoms with Gasteiger partial charge in [-0.1, -0.05) is 35.9 Å². The van der Waals surface area contributed by atoms with Crippen molar-refractivity contribution in [2.75, 3.05) is 13.1 Å². The Morgan fingerprint density at radius 1 is 1.06 bits per heavy atom. The van der Waals surface area contributed by atoms with E-state index in [2.05, 4.69) is 26.8 Å². The van der Waals surface area contributed by atoms with Crippen LogP contribution >= 0.6 is 0 Å². The average Bonchev–Trinajstić information content (AvgIpc) is 3.21. The van der Waals surface area contributed by atoms with Crippen molar-refractivity contribution < 1.29 is 14.4 Å². The largest absolute Gasteiger partial charge is 0.350 e. The van der Waals surface area contributed by atoms with E-state index in [4.69, 9.17) is 0 Å². The first-order valence-electron chi connectivity index (χ1n) is 11.4. The summed E-state index contributed by atoms with van der Waals surface area (Å²) in [6.45, 7) is 4.24. The van der Waals surface area contributed by atoms with Crippen LogP contribution in [0, 0.1) is 6.92 Å². The lowest BCUT2D eigenvalue weighted by Gasteiger charge is -2.20. The summed E-state index contributed by atoms with van der Waals surface area (Å²) < 4.78 is 1.60. The number of fused-ring (bicyclic) bond motifs is 1. The Balaban J connectivity index is 1.31. The van der Waals surface area contributed by atoms with Gasteiger partial charge in [0, 0.05) is 44.9 Å². The maximum atomic E-state index is 13.1. The second kappa shape index (κ2) is 10.7. The Morgan fingerprint density at radius 2 is 1.94 bits per heavy atom. The van der Waals surface area contributed by atoms with Crippen LogP contribution in [0.3, 0.4) is 0 Å². The summed E-state index contributed by atoms with van der Waals surface area (Å²) in [5.41, 5.74) is 3.56. The number of nitrogens with zero attached hydrogens (tertiary/aromatic N) is 4. The maximum Gasteiger partial charge on any atom is 0.272 e. The van der Waals surface area contributed by atoms with Crippen LogP contribution < -0.4 is 10.6 Å². The fourth-order valence-electron chi connectivity index (χ4n) is 3.89. The third kappa shape index (κ3) is 5.86. The van der Waals surface area contributed by atoms with Crippen molar-refractivity contribution in [1.82, 2.24) is 30.3 Å². The predicted molar refractivity (Wildman–Crippen MR) is 126 cm³/mol. The van der Waals surface area contributed by atoms with Crippen LogP contribution in [-0.4, -0.2) is 50.5 Å². The quantitative estimate of drug-likeness (QED) is 0.535. The second-order valence-corrected chi connectivity index (χ2v) is 8.31. The standard InChI is InChI=1S/C25H28N6O3/c1-18-6-4-7-19(14-18)17-30-12-5-13-31-22(25(30)34)15-21(29-31)24(33)27-11-9-23(32)28-16-20-8-2-3-10-26-20/h2-4,6-8,10,14-15H,5,9,11-13,16-17H2,1H3,(H,27,33)(H,28,32). The third-order valence-electron chi connectivity index (χ3n) is 5.60. The minimum absolute atomic E-state index is 0.134. The van der Waals surface area contributed by atoms with E-state index in [1.807, 2.05) is 43.3 Å². The number of amides is 3. The van der Waals surface area contributed by atoms with Crippen molar-refractivity contribution in [2.45, 2.75) is 39.4 Å². The monoisotopic (exact) mass is 460 g/mol. The van der Waals surface area contributed by atoms with E-state index < -0.39 is 5.91 Å². The van der Waals surface area contributed by atoms with Crippen molar-refractivity contribution >= 4 is 17.7 Å². The molecule has 4 rings (SSSR count). The summed E-state index contributed by atoms with van der Waals surface area (Å²) in [5, 5.41) is 9.82. The molecule has 2 aromatic heterocycles. The number of carbonyl (C=O) groups excluding carboxylic acids is 3. The van der Waals surface area contributed by atoms with E-state index in [0.29, 0.717) is 31.9 Å². The molecule has 0 fully saturated rings. The number of benzene rings is 1. The molecule has 3 amide bonds. The zero-order valence-corrected chi connectivity index (χ0v) is 19.2. The number of rotatable bonds is 8. The van der Waals surface area contributed by atoms with E-state index >= 15 is 0 Å². The van der Waals surface area contributed by atoms with Gasteiger partial charge in [-0.2, -0.15) is 5.10 Å². The zero-order valence-electron chi connectivity index (χ0n) is 19.2. The van der Waals surface area contributed by atoms with Gasteiger partial charge >= 0.3 is 0 Å². The van der Waals surface area contributed by atoms with Gasteiger partial charge in [0.05, 0.1) is 12.2 Å². The maximum absolute atomic E-state index is 13.1. The van der Waals surface area contributed by atoms with Crippen LogP contribution in [0.5, 0.6) is 0 Å². The lowest BCUT2D eigenvalue weighted by atomic mass is 10.1.